The third-order valence-corrected chi connectivity index (χ3v) is 3.85. The number of nitrogens with zero attached hydrogens (tertiary/aromatic N) is 2. The van der Waals surface area contributed by atoms with Crippen LogP contribution in [0.2, 0.25) is 0 Å². The first-order valence-corrected chi connectivity index (χ1v) is 7.76. The third kappa shape index (κ3) is 3.80. The molecule has 0 saturated carbocycles. The number of rotatable bonds is 5. The highest BCUT2D eigenvalue weighted by Crippen LogP contribution is 2.27. The summed E-state index contributed by atoms with van der Waals surface area (Å²) in [6.45, 7) is 0.168. The van der Waals surface area contributed by atoms with Gasteiger partial charge in [0, 0.05) is 13.1 Å². The monoisotopic (exact) mass is 337 g/mol. The standard InChI is InChI=1S/C19H19N3O3/c1-22-18(23)11-15(21-19(22)20)12-25-17-8-4-6-14(10-17)13-5-3-7-16(9-13)24-2/h3-11H,12H2,1-2H3,(H2,20,21). The van der Waals surface area contributed by atoms with E-state index < -0.39 is 0 Å². The minimum Gasteiger partial charge on any atom is -0.497 e. The molecular formula is C19H19N3O3. The summed E-state index contributed by atoms with van der Waals surface area (Å²) in [5.74, 6) is 1.64. The molecule has 2 N–H and O–H groups in total. The molecule has 128 valence electrons. The highest BCUT2D eigenvalue weighted by molar-refractivity contribution is 5.66. The maximum atomic E-state index is 11.7. The van der Waals surface area contributed by atoms with Crippen molar-refractivity contribution in [1.29, 1.82) is 0 Å². The molecule has 0 saturated heterocycles. The van der Waals surface area contributed by atoms with Crippen LogP contribution in [-0.4, -0.2) is 16.7 Å². The number of anilines is 1. The Morgan fingerprint density at radius 2 is 1.68 bits per heavy atom. The predicted molar refractivity (Wildman–Crippen MR) is 96.7 cm³/mol. The Bertz CT molecular complexity index is 951. The van der Waals surface area contributed by atoms with Gasteiger partial charge in [-0.15, -0.1) is 0 Å². The maximum absolute atomic E-state index is 11.7. The smallest absolute Gasteiger partial charge is 0.254 e. The maximum Gasteiger partial charge on any atom is 0.254 e. The molecule has 0 bridgehead atoms. The van der Waals surface area contributed by atoms with Gasteiger partial charge in [0.2, 0.25) is 5.95 Å². The van der Waals surface area contributed by atoms with E-state index in [1.165, 1.54) is 10.6 Å². The molecule has 0 atom stereocenters. The van der Waals surface area contributed by atoms with Crippen molar-refractivity contribution in [1.82, 2.24) is 9.55 Å². The van der Waals surface area contributed by atoms with Crippen LogP contribution in [0.5, 0.6) is 11.5 Å². The second kappa shape index (κ2) is 7.09. The van der Waals surface area contributed by atoms with Gasteiger partial charge >= 0.3 is 0 Å². The third-order valence-electron chi connectivity index (χ3n) is 3.85. The summed E-state index contributed by atoms with van der Waals surface area (Å²) < 4.78 is 12.3. The van der Waals surface area contributed by atoms with Crippen LogP contribution in [0.25, 0.3) is 11.1 Å². The fraction of sp³-hybridized carbons (Fsp3) is 0.158. The summed E-state index contributed by atoms with van der Waals surface area (Å²) in [6.07, 6.45) is 0. The Morgan fingerprint density at radius 1 is 1.04 bits per heavy atom. The Balaban J connectivity index is 1.79. The summed E-state index contributed by atoms with van der Waals surface area (Å²) in [7, 11) is 3.22. The van der Waals surface area contributed by atoms with Gasteiger partial charge in [-0.2, -0.15) is 0 Å². The zero-order valence-corrected chi connectivity index (χ0v) is 14.1. The Morgan fingerprint density at radius 3 is 2.32 bits per heavy atom. The van der Waals surface area contributed by atoms with E-state index in [1.807, 2.05) is 48.5 Å². The van der Waals surface area contributed by atoms with Crippen molar-refractivity contribution in [3.63, 3.8) is 0 Å². The van der Waals surface area contributed by atoms with E-state index in [9.17, 15) is 4.79 Å². The SMILES string of the molecule is COc1cccc(-c2cccc(OCc3cc(=O)n(C)c(N)n3)c2)c1. The lowest BCUT2D eigenvalue weighted by Crippen LogP contribution is -2.22. The molecule has 6 heteroatoms. The number of benzene rings is 2. The van der Waals surface area contributed by atoms with Crippen molar-refractivity contribution in [2.75, 3.05) is 12.8 Å². The quantitative estimate of drug-likeness (QED) is 0.774. The number of methoxy groups -OCH3 is 1. The summed E-state index contributed by atoms with van der Waals surface area (Å²) in [5, 5.41) is 0. The molecule has 0 aliphatic carbocycles. The zero-order valence-electron chi connectivity index (χ0n) is 14.1. The number of hydrogen-bond acceptors (Lipinski definition) is 5. The largest absolute Gasteiger partial charge is 0.497 e. The van der Waals surface area contributed by atoms with E-state index in [1.54, 1.807) is 14.2 Å². The first kappa shape index (κ1) is 16.6. The first-order chi connectivity index (χ1) is 12.1. The van der Waals surface area contributed by atoms with Crippen LogP contribution in [-0.2, 0) is 13.7 Å². The van der Waals surface area contributed by atoms with Gasteiger partial charge in [-0.1, -0.05) is 24.3 Å². The van der Waals surface area contributed by atoms with E-state index in [-0.39, 0.29) is 18.1 Å². The molecule has 0 aliphatic rings. The lowest BCUT2D eigenvalue weighted by atomic mass is 10.1. The van der Waals surface area contributed by atoms with E-state index in [2.05, 4.69) is 4.98 Å². The lowest BCUT2D eigenvalue weighted by Gasteiger charge is -2.10. The second-order valence-electron chi connectivity index (χ2n) is 5.55. The second-order valence-corrected chi connectivity index (χ2v) is 5.55. The molecule has 6 nitrogen and oxygen atoms in total. The molecule has 25 heavy (non-hydrogen) atoms. The minimum absolute atomic E-state index is 0.163. The average molecular weight is 337 g/mol. The molecular weight excluding hydrogens is 318 g/mol. The van der Waals surface area contributed by atoms with Crippen molar-refractivity contribution in [2.45, 2.75) is 6.61 Å². The van der Waals surface area contributed by atoms with Crippen molar-refractivity contribution >= 4 is 5.95 Å². The number of aromatic nitrogens is 2. The van der Waals surface area contributed by atoms with Gasteiger partial charge in [0.1, 0.15) is 18.1 Å². The molecule has 3 rings (SSSR count). The molecule has 0 fully saturated rings. The number of ether oxygens (including phenoxy) is 2. The first-order valence-electron chi connectivity index (χ1n) is 7.76. The zero-order chi connectivity index (χ0) is 17.8. The van der Waals surface area contributed by atoms with Crippen LogP contribution >= 0.6 is 0 Å². The summed E-state index contributed by atoms with van der Waals surface area (Å²) in [6, 6.07) is 16.9. The molecule has 0 aliphatic heterocycles. The van der Waals surface area contributed by atoms with Gasteiger partial charge in [0.25, 0.3) is 5.56 Å². The molecule has 1 heterocycles. The molecule has 0 spiro atoms. The van der Waals surface area contributed by atoms with Crippen LogP contribution < -0.4 is 20.8 Å². The van der Waals surface area contributed by atoms with E-state index in [4.69, 9.17) is 15.2 Å². The molecule has 1 aromatic heterocycles. The Hall–Kier alpha value is -3.28. The summed E-state index contributed by atoms with van der Waals surface area (Å²) in [4.78, 5) is 15.9. The van der Waals surface area contributed by atoms with Gasteiger partial charge < -0.3 is 15.2 Å². The van der Waals surface area contributed by atoms with E-state index >= 15 is 0 Å². The van der Waals surface area contributed by atoms with Crippen molar-refractivity contribution in [3.05, 3.63) is 70.6 Å². The molecule has 0 unspecified atom stereocenters. The minimum atomic E-state index is -0.212. The normalized spacial score (nSPS) is 10.5. The average Bonchev–Trinajstić information content (AvgIpc) is 2.64. The van der Waals surface area contributed by atoms with Gasteiger partial charge in [0.15, 0.2) is 0 Å². The van der Waals surface area contributed by atoms with Crippen molar-refractivity contribution < 1.29 is 9.47 Å². The molecule has 2 aromatic carbocycles. The van der Waals surface area contributed by atoms with Gasteiger partial charge in [-0.3, -0.25) is 9.36 Å². The number of nitrogen functional groups attached to an aromatic ring is 1. The number of nitrogens with two attached hydrogens (primary N) is 1. The number of hydrogen-bond donors (Lipinski definition) is 1. The van der Waals surface area contributed by atoms with Crippen LogP contribution in [0, 0.1) is 0 Å². The van der Waals surface area contributed by atoms with E-state index in [0.29, 0.717) is 11.4 Å². The van der Waals surface area contributed by atoms with Crippen LogP contribution in [0.1, 0.15) is 5.69 Å². The van der Waals surface area contributed by atoms with Crippen molar-refractivity contribution in [2.24, 2.45) is 7.05 Å². The van der Waals surface area contributed by atoms with Crippen LogP contribution in [0.15, 0.2) is 59.4 Å². The predicted octanol–water partition coefficient (Wildman–Crippen LogP) is 2.62. The van der Waals surface area contributed by atoms with Gasteiger partial charge in [-0.25, -0.2) is 4.98 Å². The van der Waals surface area contributed by atoms with Gasteiger partial charge in [-0.05, 0) is 35.4 Å². The Kier molecular flexibility index (Phi) is 4.70. The fourth-order valence-electron chi connectivity index (χ4n) is 2.41. The molecule has 3 aromatic rings. The summed E-state index contributed by atoms with van der Waals surface area (Å²) >= 11 is 0. The summed E-state index contributed by atoms with van der Waals surface area (Å²) in [5.41, 5.74) is 8.02. The Labute approximate surface area is 145 Å². The molecule has 0 amide bonds. The van der Waals surface area contributed by atoms with Gasteiger partial charge in [0.05, 0.1) is 12.8 Å². The topological polar surface area (TPSA) is 79.4 Å². The van der Waals surface area contributed by atoms with E-state index in [0.717, 1.165) is 16.9 Å². The molecule has 0 radical (unpaired) electrons. The van der Waals surface area contributed by atoms with Crippen LogP contribution in [0.4, 0.5) is 5.95 Å². The highest BCUT2D eigenvalue weighted by Gasteiger charge is 2.05. The van der Waals surface area contributed by atoms with Crippen LogP contribution in [0.3, 0.4) is 0 Å². The lowest BCUT2D eigenvalue weighted by molar-refractivity contribution is 0.301. The fourth-order valence-corrected chi connectivity index (χ4v) is 2.41. The van der Waals surface area contributed by atoms with Crippen molar-refractivity contribution in [3.8, 4) is 22.6 Å². The highest BCUT2D eigenvalue weighted by atomic mass is 16.5.